The Kier molecular flexibility index (Phi) is 10.4. The molecule has 8 saturated carbocycles. The molecule has 0 heterocycles. The van der Waals surface area contributed by atoms with Crippen molar-refractivity contribution in [2.45, 2.75) is 148 Å². The smallest absolute Gasteiger partial charge is 0.318 e. The summed E-state index contributed by atoms with van der Waals surface area (Å²) in [5, 5.41) is 0. The zero-order valence-corrected chi connectivity index (χ0v) is 35.0. The highest BCUT2D eigenvalue weighted by Gasteiger charge is 2.61. The lowest BCUT2D eigenvalue weighted by Gasteiger charge is -2.62. The normalized spacial score (nSPS) is 34.8. The molecule has 8 bridgehead atoms. The summed E-state index contributed by atoms with van der Waals surface area (Å²) in [7, 11) is 0. The number of ether oxygens (including phenoxy) is 4. The lowest BCUT2D eigenvalue weighted by molar-refractivity contribution is -0.257. The molecule has 0 N–H and O–H groups in total. The van der Waals surface area contributed by atoms with E-state index < -0.39 is 10.8 Å². The predicted molar refractivity (Wildman–Crippen MR) is 215 cm³/mol. The molecular weight excluding hydrogens is 685 g/mol. The third-order valence-electron chi connectivity index (χ3n) is 16.4. The SMILES string of the molecule is CC(C)C1(OCOC(=O)C(C)(C)c2ccc(Cc3ccc(C(C)(C)C(=O)OCOC4(C(C)C)C5CC6CC(C5)CC4C6)cc3)cc2)C2CC3CC(C2)CC1C3. The molecule has 0 unspecified atom stereocenters. The van der Waals surface area contributed by atoms with Crippen LogP contribution in [-0.2, 0) is 45.8 Å². The molecule has 8 aliphatic rings. The van der Waals surface area contributed by atoms with E-state index in [-0.39, 0.29) is 36.7 Å². The van der Waals surface area contributed by atoms with Crippen molar-refractivity contribution in [3.05, 3.63) is 70.8 Å². The van der Waals surface area contributed by atoms with Crippen LogP contribution in [0.5, 0.6) is 0 Å². The van der Waals surface area contributed by atoms with Gasteiger partial charge in [-0.05, 0) is 180 Å². The fourth-order valence-corrected chi connectivity index (χ4v) is 13.8. The summed E-state index contributed by atoms with van der Waals surface area (Å²) >= 11 is 0. The Hall–Kier alpha value is -2.70. The van der Waals surface area contributed by atoms with Gasteiger partial charge in [-0.25, -0.2) is 0 Å². The van der Waals surface area contributed by atoms with E-state index in [1.807, 2.05) is 52.0 Å². The van der Waals surface area contributed by atoms with Crippen LogP contribution in [0.3, 0.4) is 0 Å². The molecule has 0 spiro atoms. The molecule has 0 atom stereocenters. The number of carbonyl (C=O) groups is 2. The molecule has 0 saturated heterocycles. The number of carbonyl (C=O) groups excluding carboxylic acids is 2. The molecule has 0 aliphatic heterocycles. The van der Waals surface area contributed by atoms with Gasteiger partial charge in [-0.1, -0.05) is 76.2 Å². The minimum absolute atomic E-state index is 0.0273. The third-order valence-corrected chi connectivity index (χ3v) is 16.4. The first-order chi connectivity index (χ1) is 26.1. The number of benzene rings is 2. The lowest BCUT2D eigenvalue weighted by Crippen LogP contribution is -2.62. The fourth-order valence-electron chi connectivity index (χ4n) is 13.8. The minimum atomic E-state index is -0.797. The average molecular weight is 753 g/mol. The maximum Gasteiger partial charge on any atom is 0.318 e. The molecule has 6 nitrogen and oxygen atoms in total. The van der Waals surface area contributed by atoms with E-state index in [0.29, 0.717) is 35.5 Å². The molecule has 300 valence electrons. The van der Waals surface area contributed by atoms with Crippen LogP contribution in [-0.4, -0.2) is 36.7 Å². The summed E-state index contributed by atoms with van der Waals surface area (Å²) < 4.78 is 25.2. The van der Waals surface area contributed by atoms with Gasteiger partial charge in [-0.2, -0.15) is 0 Å². The maximum atomic E-state index is 13.5. The Morgan fingerprint density at radius 3 is 1.09 bits per heavy atom. The number of hydrogen-bond acceptors (Lipinski definition) is 6. The zero-order valence-electron chi connectivity index (χ0n) is 35.0. The summed E-state index contributed by atoms with van der Waals surface area (Å²) in [6.07, 6.45) is 13.7. The van der Waals surface area contributed by atoms with Crippen molar-refractivity contribution in [2.24, 2.45) is 59.2 Å². The highest BCUT2D eigenvalue weighted by Crippen LogP contribution is 2.63. The second-order valence-electron chi connectivity index (χ2n) is 20.8. The van der Waals surface area contributed by atoms with E-state index in [1.54, 1.807) is 0 Å². The van der Waals surface area contributed by atoms with E-state index in [1.165, 1.54) is 64.2 Å². The van der Waals surface area contributed by atoms with Crippen LogP contribution in [0.2, 0.25) is 0 Å². The van der Waals surface area contributed by atoms with Crippen LogP contribution in [0, 0.1) is 59.2 Å². The van der Waals surface area contributed by atoms with E-state index >= 15 is 0 Å². The molecule has 0 radical (unpaired) electrons. The number of rotatable bonds is 14. The molecule has 2 aromatic rings. The van der Waals surface area contributed by atoms with Crippen molar-refractivity contribution in [1.29, 1.82) is 0 Å². The Bertz CT molecular complexity index is 1520. The second kappa shape index (κ2) is 14.6. The van der Waals surface area contributed by atoms with Crippen LogP contribution in [0.15, 0.2) is 48.5 Å². The van der Waals surface area contributed by atoms with Gasteiger partial charge in [0.05, 0.1) is 22.0 Å². The first-order valence-corrected chi connectivity index (χ1v) is 21.9. The molecule has 10 rings (SSSR count). The molecule has 8 fully saturated rings. The van der Waals surface area contributed by atoms with Gasteiger partial charge in [0.15, 0.2) is 13.6 Å². The topological polar surface area (TPSA) is 71.1 Å². The van der Waals surface area contributed by atoms with E-state index in [9.17, 15) is 9.59 Å². The molecule has 55 heavy (non-hydrogen) atoms. The quantitative estimate of drug-likeness (QED) is 0.141. The molecule has 0 amide bonds. The zero-order chi connectivity index (χ0) is 38.9. The Morgan fingerprint density at radius 1 is 0.527 bits per heavy atom. The summed E-state index contributed by atoms with van der Waals surface area (Å²) in [6, 6.07) is 16.6. The summed E-state index contributed by atoms with van der Waals surface area (Å²) in [4.78, 5) is 27.0. The highest BCUT2D eigenvalue weighted by atomic mass is 16.7. The Balaban J connectivity index is 0.833. The van der Waals surface area contributed by atoms with Gasteiger partial charge < -0.3 is 18.9 Å². The van der Waals surface area contributed by atoms with Crippen molar-refractivity contribution < 1.29 is 28.5 Å². The minimum Gasteiger partial charge on any atom is -0.438 e. The van der Waals surface area contributed by atoms with Gasteiger partial charge in [-0.3, -0.25) is 9.59 Å². The van der Waals surface area contributed by atoms with Crippen molar-refractivity contribution in [2.75, 3.05) is 13.6 Å². The van der Waals surface area contributed by atoms with Gasteiger partial charge in [-0.15, -0.1) is 0 Å². The number of hydrogen-bond donors (Lipinski definition) is 0. The number of esters is 2. The standard InChI is InChI=1S/C49H68O6/c1-30(2)48(40-20-34-18-35(22-40)23-41(48)21-34)54-28-52-44(50)46(5,6)38-13-9-32(10-14-38)17-33-11-15-39(16-12-33)47(7,8)45(51)53-29-55-49(31(3)4)42-24-36-19-37(26-42)27-43(49)25-36/h9-16,30-31,34-37,40-43H,17-29H2,1-8H3. The predicted octanol–water partition coefficient (Wildman–Crippen LogP) is 10.6. The van der Waals surface area contributed by atoms with E-state index in [2.05, 4.69) is 52.0 Å². The third kappa shape index (κ3) is 6.81. The molecule has 8 aliphatic carbocycles. The lowest BCUT2D eigenvalue weighted by atomic mass is 9.47. The summed E-state index contributed by atoms with van der Waals surface area (Å²) in [6.45, 7) is 17.0. The van der Waals surface area contributed by atoms with Crippen molar-refractivity contribution in [3.63, 3.8) is 0 Å². The summed E-state index contributed by atoms with van der Waals surface area (Å²) in [5.74, 6) is 6.10. The van der Waals surface area contributed by atoms with Crippen molar-refractivity contribution in [3.8, 4) is 0 Å². The fraction of sp³-hybridized carbons (Fsp3) is 0.714. The second-order valence-corrected chi connectivity index (χ2v) is 20.8. The first kappa shape index (κ1) is 39.1. The van der Waals surface area contributed by atoms with Gasteiger partial charge in [0.25, 0.3) is 0 Å². The van der Waals surface area contributed by atoms with E-state index in [0.717, 1.165) is 52.3 Å². The molecule has 6 heteroatoms. The van der Waals surface area contributed by atoms with Crippen LogP contribution in [0.1, 0.15) is 142 Å². The average Bonchev–Trinajstić information content (AvgIpc) is 3.13. The van der Waals surface area contributed by atoms with Gasteiger partial charge in [0.2, 0.25) is 0 Å². The van der Waals surface area contributed by atoms with Crippen LogP contribution in [0.4, 0.5) is 0 Å². The van der Waals surface area contributed by atoms with Crippen LogP contribution in [0.25, 0.3) is 0 Å². The maximum absolute atomic E-state index is 13.5. The highest BCUT2D eigenvalue weighted by molar-refractivity contribution is 5.82. The van der Waals surface area contributed by atoms with Crippen LogP contribution < -0.4 is 0 Å². The van der Waals surface area contributed by atoms with Crippen molar-refractivity contribution in [1.82, 2.24) is 0 Å². The Labute approximate surface area is 331 Å². The largest absolute Gasteiger partial charge is 0.438 e. The molecule has 0 aromatic heterocycles. The molecule has 2 aromatic carbocycles. The summed E-state index contributed by atoms with van der Waals surface area (Å²) in [5.41, 5.74) is 2.23. The molecular formula is C49H68O6. The monoisotopic (exact) mass is 753 g/mol. The van der Waals surface area contributed by atoms with Gasteiger partial charge in [0.1, 0.15) is 0 Å². The first-order valence-electron chi connectivity index (χ1n) is 21.9. The van der Waals surface area contributed by atoms with Crippen LogP contribution >= 0.6 is 0 Å². The Morgan fingerprint density at radius 2 is 0.818 bits per heavy atom. The van der Waals surface area contributed by atoms with Crippen molar-refractivity contribution >= 4 is 11.9 Å². The van der Waals surface area contributed by atoms with Gasteiger partial charge >= 0.3 is 11.9 Å². The van der Waals surface area contributed by atoms with Gasteiger partial charge in [0, 0.05) is 0 Å². The van der Waals surface area contributed by atoms with E-state index in [4.69, 9.17) is 18.9 Å².